The zero-order valence-corrected chi connectivity index (χ0v) is 17.4. The largest absolute Gasteiger partial charge is 0.496 e. The maximum absolute atomic E-state index is 5.70. The number of rotatable bonds is 7. The quantitative estimate of drug-likeness (QED) is 0.619. The smallest absolute Gasteiger partial charge is 0.124 e. The van der Waals surface area contributed by atoms with Crippen molar-refractivity contribution in [3.63, 3.8) is 0 Å². The first-order chi connectivity index (χ1) is 14.3. The van der Waals surface area contributed by atoms with Gasteiger partial charge in [-0.05, 0) is 24.1 Å². The number of para-hydroxylation sites is 1. The highest BCUT2D eigenvalue weighted by molar-refractivity contribution is 5.40. The van der Waals surface area contributed by atoms with Crippen LogP contribution in [0.25, 0.3) is 0 Å². The Morgan fingerprint density at radius 3 is 2.34 bits per heavy atom. The summed E-state index contributed by atoms with van der Waals surface area (Å²) in [5.74, 6) is 0.935. The molecule has 1 aromatic heterocycles. The van der Waals surface area contributed by atoms with E-state index in [2.05, 4.69) is 69.5 Å². The second kappa shape index (κ2) is 9.25. The van der Waals surface area contributed by atoms with Crippen LogP contribution >= 0.6 is 0 Å². The van der Waals surface area contributed by atoms with Gasteiger partial charge in [-0.3, -0.25) is 9.58 Å². The van der Waals surface area contributed by atoms with Gasteiger partial charge >= 0.3 is 0 Å². The van der Waals surface area contributed by atoms with Gasteiger partial charge in [0.2, 0.25) is 0 Å². The second-order valence-corrected chi connectivity index (χ2v) is 7.64. The molecule has 29 heavy (non-hydrogen) atoms. The molecule has 0 N–H and O–H groups in total. The average Bonchev–Trinajstić information content (AvgIpc) is 3.20. The Labute approximate surface area is 173 Å². The Morgan fingerprint density at radius 1 is 0.931 bits per heavy atom. The predicted molar refractivity (Wildman–Crippen MR) is 116 cm³/mol. The number of benzene rings is 2. The molecule has 4 rings (SSSR count). The van der Waals surface area contributed by atoms with Crippen molar-refractivity contribution in [3.8, 4) is 5.75 Å². The fraction of sp³-hybridized carbons (Fsp3) is 0.375. The van der Waals surface area contributed by atoms with E-state index >= 15 is 0 Å². The molecule has 0 aliphatic carbocycles. The molecule has 0 radical (unpaired) electrons. The van der Waals surface area contributed by atoms with E-state index in [4.69, 9.17) is 4.74 Å². The van der Waals surface area contributed by atoms with Gasteiger partial charge < -0.3 is 9.64 Å². The van der Waals surface area contributed by atoms with E-state index in [1.807, 2.05) is 24.0 Å². The molecule has 152 valence electrons. The van der Waals surface area contributed by atoms with Gasteiger partial charge in [-0.15, -0.1) is 0 Å². The lowest BCUT2D eigenvalue weighted by Gasteiger charge is -2.39. The summed E-state index contributed by atoms with van der Waals surface area (Å²) in [4.78, 5) is 5.14. The first kappa shape index (κ1) is 19.7. The lowest BCUT2D eigenvalue weighted by atomic mass is 9.99. The molecule has 0 bridgehead atoms. The third-order valence-corrected chi connectivity index (χ3v) is 5.90. The van der Waals surface area contributed by atoms with E-state index in [1.54, 1.807) is 7.11 Å². The maximum atomic E-state index is 5.70. The molecule has 1 atom stereocenters. The zero-order valence-electron chi connectivity index (χ0n) is 17.4. The first-order valence-corrected chi connectivity index (χ1v) is 10.4. The van der Waals surface area contributed by atoms with Crippen molar-refractivity contribution < 1.29 is 4.74 Å². The molecular weight excluding hydrogens is 360 g/mol. The second-order valence-electron chi connectivity index (χ2n) is 7.64. The van der Waals surface area contributed by atoms with Gasteiger partial charge in [-0.2, -0.15) is 5.10 Å². The van der Waals surface area contributed by atoms with Crippen molar-refractivity contribution in [2.24, 2.45) is 7.05 Å². The summed E-state index contributed by atoms with van der Waals surface area (Å²) in [5, 5.41) is 4.43. The van der Waals surface area contributed by atoms with Gasteiger partial charge in [-0.25, -0.2) is 0 Å². The van der Waals surface area contributed by atoms with Crippen LogP contribution in [0.5, 0.6) is 5.75 Å². The van der Waals surface area contributed by atoms with Crippen LogP contribution in [0, 0.1) is 0 Å². The molecule has 2 aromatic carbocycles. The summed E-state index contributed by atoms with van der Waals surface area (Å²) < 4.78 is 7.68. The Hall–Kier alpha value is -2.63. The van der Waals surface area contributed by atoms with Gasteiger partial charge in [-0.1, -0.05) is 48.5 Å². The van der Waals surface area contributed by atoms with Gasteiger partial charge in [0, 0.05) is 51.5 Å². The lowest BCUT2D eigenvalue weighted by molar-refractivity contribution is 0.106. The van der Waals surface area contributed by atoms with Crippen molar-refractivity contribution in [1.29, 1.82) is 0 Å². The van der Waals surface area contributed by atoms with E-state index in [1.165, 1.54) is 16.8 Å². The molecule has 5 heteroatoms. The van der Waals surface area contributed by atoms with Crippen LogP contribution in [0.2, 0.25) is 0 Å². The summed E-state index contributed by atoms with van der Waals surface area (Å²) >= 11 is 0. The normalized spacial score (nSPS) is 16.6. The molecule has 1 unspecified atom stereocenters. The molecule has 1 aliphatic rings. The van der Waals surface area contributed by atoms with Crippen LogP contribution in [-0.2, 0) is 13.5 Å². The topological polar surface area (TPSA) is 33.5 Å². The highest BCUT2D eigenvalue weighted by Gasteiger charge is 2.30. The van der Waals surface area contributed by atoms with Crippen molar-refractivity contribution >= 4 is 0 Å². The minimum Gasteiger partial charge on any atom is -0.496 e. The zero-order chi connectivity index (χ0) is 20.1. The summed E-state index contributed by atoms with van der Waals surface area (Å²) in [6, 6.07) is 21.4. The third-order valence-electron chi connectivity index (χ3n) is 5.90. The number of hydrogen-bond donors (Lipinski definition) is 0. The van der Waals surface area contributed by atoms with E-state index < -0.39 is 0 Å². The number of nitrogens with zero attached hydrogens (tertiary/aromatic N) is 4. The number of aromatic nitrogens is 2. The molecule has 0 saturated carbocycles. The third kappa shape index (κ3) is 4.52. The fourth-order valence-electron chi connectivity index (χ4n) is 4.26. The van der Waals surface area contributed by atoms with Gasteiger partial charge in [0.05, 0.1) is 18.8 Å². The monoisotopic (exact) mass is 390 g/mol. The summed E-state index contributed by atoms with van der Waals surface area (Å²) in [6.07, 6.45) is 2.99. The van der Waals surface area contributed by atoms with Crippen molar-refractivity contribution in [2.45, 2.75) is 12.5 Å². The minimum absolute atomic E-state index is 0.148. The van der Waals surface area contributed by atoms with Crippen molar-refractivity contribution in [2.75, 3.05) is 39.8 Å². The van der Waals surface area contributed by atoms with Crippen LogP contribution in [-0.4, -0.2) is 59.4 Å². The molecule has 0 amide bonds. The Morgan fingerprint density at radius 2 is 1.66 bits per heavy atom. The van der Waals surface area contributed by atoms with Gasteiger partial charge in [0.15, 0.2) is 0 Å². The molecule has 1 saturated heterocycles. The van der Waals surface area contributed by atoms with Crippen LogP contribution < -0.4 is 4.74 Å². The number of hydrogen-bond acceptors (Lipinski definition) is 4. The molecule has 1 aliphatic heterocycles. The van der Waals surface area contributed by atoms with Crippen LogP contribution in [0.4, 0.5) is 0 Å². The van der Waals surface area contributed by atoms with Crippen LogP contribution in [0.15, 0.2) is 66.9 Å². The standard InChI is InChI=1S/C24H30N4O/c1-26-22(12-14-25-26)24(21-10-6-7-11-23(21)29-2)28-18-16-27(17-19-28)15-13-20-8-4-3-5-9-20/h3-12,14,24H,13,15-19H2,1-2H3. The molecule has 3 aromatic rings. The highest BCUT2D eigenvalue weighted by atomic mass is 16.5. The van der Waals surface area contributed by atoms with E-state index in [0.29, 0.717) is 0 Å². The minimum atomic E-state index is 0.148. The highest BCUT2D eigenvalue weighted by Crippen LogP contribution is 2.34. The Kier molecular flexibility index (Phi) is 6.27. The number of piperazine rings is 1. The van der Waals surface area contributed by atoms with E-state index in [-0.39, 0.29) is 6.04 Å². The Bertz CT molecular complexity index is 900. The fourth-order valence-corrected chi connectivity index (χ4v) is 4.26. The van der Waals surface area contributed by atoms with Gasteiger partial charge in [0.25, 0.3) is 0 Å². The molecule has 1 fully saturated rings. The van der Waals surface area contributed by atoms with E-state index in [0.717, 1.165) is 44.9 Å². The first-order valence-electron chi connectivity index (χ1n) is 10.4. The number of aryl methyl sites for hydroxylation is 1. The molecule has 5 nitrogen and oxygen atoms in total. The average molecular weight is 391 g/mol. The van der Waals surface area contributed by atoms with Gasteiger partial charge in [0.1, 0.15) is 5.75 Å². The van der Waals surface area contributed by atoms with Crippen LogP contribution in [0.3, 0.4) is 0 Å². The van der Waals surface area contributed by atoms with Crippen LogP contribution in [0.1, 0.15) is 22.9 Å². The number of methoxy groups -OCH3 is 1. The van der Waals surface area contributed by atoms with E-state index in [9.17, 15) is 0 Å². The summed E-state index contributed by atoms with van der Waals surface area (Å²) in [6.45, 7) is 5.33. The molecular formula is C24H30N4O. The van der Waals surface area contributed by atoms with Crippen molar-refractivity contribution in [3.05, 3.63) is 83.7 Å². The van der Waals surface area contributed by atoms with Crippen molar-refractivity contribution in [1.82, 2.24) is 19.6 Å². The summed E-state index contributed by atoms with van der Waals surface area (Å²) in [7, 11) is 3.77. The Balaban J connectivity index is 1.48. The molecule has 2 heterocycles. The molecule has 0 spiro atoms. The number of ether oxygens (including phenoxy) is 1. The summed E-state index contributed by atoms with van der Waals surface area (Å²) in [5.41, 5.74) is 3.82. The lowest BCUT2D eigenvalue weighted by Crippen LogP contribution is -2.48. The SMILES string of the molecule is COc1ccccc1C(c1ccnn1C)N1CCN(CCc2ccccc2)CC1. The predicted octanol–water partition coefficient (Wildman–Crippen LogP) is 3.38. The maximum Gasteiger partial charge on any atom is 0.124 e.